The van der Waals surface area contributed by atoms with Gasteiger partial charge in [-0.2, -0.15) is 0 Å². The monoisotopic (exact) mass is 312 g/mol. The van der Waals surface area contributed by atoms with Gasteiger partial charge in [0.05, 0.1) is 5.41 Å². The van der Waals surface area contributed by atoms with Gasteiger partial charge in [0.2, 0.25) is 5.91 Å². The summed E-state index contributed by atoms with van der Waals surface area (Å²) in [4.78, 5) is 12.3. The lowest BCUT2D eigenvalue weighted by molar-refractivity contribution is -0.125. The quantitative estimate of drug-likeness (QED) is 0.839. The van der Waals surface area contributed by atoms with E-state index in [2.05, 4.69) is 16.7 Å². The molecule has 0 fully saturated rings. The van der Waals surface area contributed by atoms with E-state index in [0.717, 1.165) is 19.5 Å². The molecular formula is C16H22ClFN2O. The maximum absolute atomic E-state index is 13.8. The van der Waals surface area contributed by atoms with Crippen LogP contribution in [-0.2, 0) is 10.2 Å². The van der Waals surface area contributed by atoms with Crippen LogP contribution in [0.1, 0.15) is 25.8 Å². The highest BCUT2D eigenvalue weighted by molar-refractivity contribution is 5.87. The van der Waals surface area contributed by atoms with Crippen molar-refractivity contribution in [3.8, 4) is 0 Å². The molecule has 1 aromatic carbocycles. The van der Waals surface area contributed by atoms with E-state index in [4.69, 9.17) is 0 Å². The summed E-state index contributed by atoms with van der Waals surface area (Å²) in [5.74, 6) is -0.490. The zero-order chi connectivity index (χ0) is 14.6. The molecule has 21 heavy (non-hydrogen) atoms. The Labute approximate surface area is 131 Å². The van der Waals surface area contributed by atoms with E-state index < -0.39 is 5.41 Å². The van der Waals surface area contributed by atoms with Crippen LogP contribution in [0.2, 0.25) is 0 Å². The Kier molecular flexibility index (Phi) is 6.37. The van der Waals surface area contributed by atoms with E-state index >= 15 is 0 Å². The molecular weight excluding hydrogens is 291 g/mol. The Hall–Kier alpha value is -1.39. The number of carbonyl (C=O) groups is 1. The fraction of sp³-hybridized carbons (Fsp3) is 0.438. The molecule has 3 nitrogen and oxygen atoms in total. The molecule has 1 heterocycles. The van der Waals surface area contributed by atoms with Crippen LogP contribution < -0.4 is 10.6 Å². The number of hydrogen-bond donors (Lipinski definition) is 2. The normalized spacial score (nSPS) is 14.9. The highest BCUT2D eigenvalue weighted by Gasteiger charge is 2.32. The van der Waals surface area contributed by atoms with Crippen LogP contribution in [0.4, 0.5) is 4.39 Å². The molecule has 0 radical (unpaired) electrons. The molecule has 0 spiro atoms. The molecule has 0 aromatic heterocycles. The topological polar surface area (TPSA) is 41.1 Å². The van der Waals surface area contributed by atoms with Crippen LogP contribution in [-0.4, -0.2) is 25.5 Å². The van der Waals surface area contributed by atoms with Crippen molar-refractivity contribution in [1.29, 1.82) is 0 Å². The van der Waals surface area contributed by atoms with Crippen LogP contribution in [0.5, 0.6) is 0 Å². The van der Waals surface area contributed by atoms with Gasteiger partial charge in [0.25, 0.3) is 0 Å². The molecule has 5 heteroatoms. The molecule has 2 N–H and O–H groups in total. The van der Waals surface area contributed by atoms with Crippen molar-refractivity contribution < 1.29 is 9.18 Å². The average Bonchev–Trinajstić information content (AvgIpc) is 2.46. The van der Waals surface area contributed by atoms with Gasteiger partial charge in [-0.15, -0.1) is 12.4 Å². The number of halogens is 2. The van der Waals surface area contributed by atoms with Crippen molar-refractivity contribution in [2.75, 3.05) is 19.6 Å². The van der Waals surface area contributed by atoms with Gasteiger partial charge in [-0.05, 0) is 32.9 Å². The van der Waals surface area contributed by atoms with E-state index in [-0.39, 0.29) is 24.1 Å². The van der Waals surface area contributed by atoms with Gasteiger partial charge in [0.1, 0.15) is 5.82 Å². The summed E-state index contributed by atoms with van der Waals surface area (Å²) in [6.07, 6.45) is 3.04. The molecule has 0 bridgehead atoms. The maximum atomic E-state index is 13.8. The summed E-state index contributed by atoms with van der Waals surface area (Å²) >= 11 is 0. The lowest BCUT2D eigenvalue weighted by Gasteiger charge is -2.25. The highest BCUT2D eigenvalue weighted by Crippen LogP contribution is 2.25. The Morgan fingerprint density at radius 2 is 2.10 bits per heavy atom. The molecule has 0 aliphatic carbocycles. The molecule has 0 atom stereocenters. The van der Waals surface area contributed by atoms with E-state index in [0.29, 0.717) is 12.1 Å². The molecule has 2 rings (SSSR count). The lowest BCUT2D eigenvalue weighted by Crippen LogP contribution is -2.42. The largest absolute Gasteiger partial charge is 0.352 e. The van der Waals surface area contributed by atoms with E-state index in [1.165, 1.54) is 11.6 Å². The second-order valence-corrected chi connectivity index (χ2v) is 5.60. The molecule has 0 unspecified atom stereocenters. The number of nitrogens with one attached hydrogen (secondary N) is 2. The fourth-order valence-corrected chi connectivity index (χ4v) is 2.34. The van der Waals surface area contributed by atoms with Gasteiger partial charge in [0, 0.05) is 18.7 Å². The molecule has 1 aliphatic heterocycles. The zero-order valence-corrected chi connectivity index (χ0v) is 13.2. The smallest absolute Gasteiger partial charge is 0.230 e. The van der Waals surface area contributed by atoms with Crippen molar-refractivity contribution in [3.63, 3.8) is 0 Å². The summed E-state index contributed by atoms with van der Waals surface area (Å²) in [7, 11) is 0. The SMILES string of the molecule is CC(C)(C(=O)NCC1=CCNCC1)c1ccccc1F.Cl. The van der Waals surface area contributed by atoms with Crippen molar-refractivity contribution in [1.82, 2.24) is 10.6 Å². The predicted octanol–water partition coefficient (Wildman–Crippen LogP) is 2.56. The van der Waals surface area contributed by atoms with E-state index in [1.54, 1.807) is 32.0 Å². The summed E-state index contributed by atoms with van der Waals surface area (Å²) in [6.45, 7) is 5.83. The average molecular weight is 313 g/mol. The second kappa shape index (κ2) is 7.57. The predicted molar refractivity (Wildman–Crippen MR) is 85.3 cm³/mol. The summed E-state index contributed by atoms with van der Waals surface area (Å²) in [5.41, 5.74) is 0.775. The molecule has 1 aliphatic rings. The van der Waals surface area contributed by atoms with Crippen molar-refractivity contribution in [3.05, 3.63) is 47.3 Å². The molecule has 0 saturated carbocycles. The molecule has 0 saturated heterocycles. The number of amides is 1. The molecule has 1 aromatic rings. The molecule has 1 amide bonds. The van der Waals surface area contributed by atoms with Gasteiger partial charge in [-0.1, -0.05) is 29.8 Å². The van der Waals surface area contributed by atoms with Gasteiger partial charge in [-0.25, -0.2) is 4.39 Å². The van der Waals surface area contributed by atoms with Crippen LogP contribution in [0, 0.1) is 5.82 Å². The van der Waals surface area contributed by atoms with Crippen molar-refractivity contribution in [2.45, 2.75) is 25.7 Å². The third-order valence-corrected chi connectivity index (χ3v) is 3.75. The summed E-state index contributed by atoms with van der Waals surface area (Å²) < 4.78 is 13.8. The van der Waals surface area contributed by atoms with Gasteiger partial charge in [-0.3, -0.25) is 4.79 Å². The highest BCUT2D eigenvalue weighted by atomic mass is 35.5. The number of carbonyl (C=O) groups excluding carboxylic acids is 1. The first-order valence-electron chi connectivity index (χ1n) is 6.94. The first-order valence-corrected chi connectivity index (χ1v) is 6.94. The first-order chi connectivity index (χ1) is 9.51. The Bertz CT molecular complexity index is 529. The Morgan fingerprint density at radius 1 is 1.38 bits per heavy atom. The fourth-order valence-electron chi connectivity index (χ4n) is 2.34. The second-order valence-electron chi connectivity index (χ2n) is 5.60. The van der Waals surface area contributed by atoms with Crippen LogP contribution in [0.3, 0.4) is 0 Å². The van der Waals surface area contributed by atoms with Crippen LogP contribution in [0.15, 0.2) is 35.9 Å². The number of benzene rings is 1. The Morgan fingerprint density at radius 3 is 2.71 bits per heavy atom. The first kappa shape index (κ1) is 17.7. The minimum atomic E-state index is -0.876. The standard InChI is InChI=1S/C16H21FN2O.ClH/c1-16(2,13-5-3-4-6-14(13)17)15(20)19-11-12-7-9-18-10-8-12;/h3-7,18H,8-11H2,1-2H3,(H,19,20);1H. The van der Waals surface area contributed by atoms with Gasteiger partial charge < -0.3 is 10.6 Å². The van der Waals surface area contributed by atoms with E-state index in [1.807, 2.05) is 0 Å². The molecule has 116 valence electrons. The minimum Gasteiger partial charge on any atom is -0.352 e. The third-order valence-electron chi connectivity index (χ3n) is 3.75. The Balaban J connectivity index is 0.00000220. The van der Waals surface area contributed by atoms with Gasteiger partial charge in [0.15, 0.2) is 0 Å². The van der Waals surface area contributed by atoms with Gasteiger partial charge >= 0.3 is 0 Å². The number of rotatable bonds is 4. The summed E-state index contributed by atoms with van der Waals surface area (Å²) in [6, 6.07) is 6.44. The zero-order valence-electron chi connectivity index (χ0n) is 12.4. The minimum absolute atomic E-state index is 0. The van der Waals surface area contributed by atoms with Crippen LogP contribution in [0.25, 0.3) is 0 Å². The van der Waals surface area contributed by atoms with E-state index in [9.17, 15) is 9.18 Å². The summed E-state index contributed by atoms with van der Waals surface area (Å²) in [5, 5.41) is 6.14. The lowest BCUT2D eigenvalue weighted by atomic mass is 9.83. The third kappa shape index (κ3) is 4.29. The van der Waals surface area contributed by atoms with Crippen LogP contribution >= 0.6 is 12.4 Å². The number of hydrogen-bond acceptors (Lipinski definition) is 2. The maximum Gasteiger partial charge on any atom is 0.230 e. The van der Waals surface area contributed by atoms with Crippen molar-refractivity contribution in [2.24, 2.45) is 0 Å². The van der Waals surface area contributed by atoms with Crippen molar-refractivity contribution >= 4 is 18.3 Å².